The molecule has 0 saturated carbocycles. The molecule has 2 rings (SSSR count). The summed E-state index contributed by atoms with van der Waals surface area (Å²) in [7, 11) is 0. The molecule has 0 heterocycles. The van der Waals surface area contributed by atoms with Gasteiger partial charge in [0.1, 0.15) is 11.6 Å². The first-order valence-corrected chi connectivity index (χ1v) is 6.23. The third kappa shape index (κ3) is 3.15. The Labute approximate surface area is 112 Å². The van der Waals surface area contributed by atoms with E-state index in [2.05, 4.69) is 15.9 Å². The molecule has 0 amide bonds. The summed E-state index contributed by atoms with van der Waals surface area (Å²) in [6.07, 6.45) is -0.692. The third-order valence-corrected chi connectivity index (χ3v) is 3.16. The molecule has 0 bridgehead atoms. The third-order valence-electron chi connectivity index (χ3n) is 2.66. The lowest BCUT2D eigenvalue weighted by Crippen LogP contribution is -2.04. The van der Waals surface area contributed by atoms with Crippen LogP contribution in [-0.2, 0) is 6.42 Å². The zero-order chi connectivity index (χ0) is 13.1. The summed E-state index contributed by atoms with van der Waals surface area (Å²) < 4.78 is 27.0. The van der Waals surface area contributed by atoms with Gasteiger partial charge in [-0.2, -0.15) is 0 Å². The molecule has 0 aliphatic heterocycles. The Balaban J connectivity index is 2.16. The van der Waals surface area contributed by atoms with Gasteiger partial charge in [0.2, 0.25) is 0 Å². The van der Waals surface area contributed by atoms with Gasteiger partial charge < -0.3 is 5.11 Å². The van der Waals surface area contributed by atoms with Crippen LogP contribution in [0.5, 0.6) is 0 Å². The maximum Gasteiger partial charge on any atom is 0.130 e. The fraction of sp³-hybridized carbons (Fsp3) is 0.143. The summed E-state index contributed by atoms with van der Waals surface area (Å²) >= 11 is 3.16. The van der Waals surface area contributed by atoms with Crippen molar-refractivity contribution in [2.24, 2.45) is 0 Å². The van der Waals surface area contributed by atoms with Crippen LogP contribution in [0, 0.1) is 11.6 Å². The summed E-state index contributed by atoms with van der Waals surface area (Å²) in [5, 5.41) is 9.97. The maximum atomic E-state index is 13.6. The van der Waals surface area contributed by atoms with Crippen molar-refractivity contribution in [3.8, 4) is 0 Å². The second-order valence-electron chi connectivity index (χ2n) is 4.01. The highest BCUT2D eigenvalue weighted by atomic mass is 79.9. The Morgan fingerprint density at radius 2 is 1.72 bits per heavy atom. The van der Waals surface area contributed by atoms with Gasteiger partial charge in [0, 0.05) is 16.5 Å². The number of hydrogen-bond donors (Lipinski definition) is 1. The number of aliphatic hydroxyl groups excluding tert-OH is 1. The highest BCUT2D eigenvalue weighted by molar-refractivity contribution is 9.10. The molecule has 0 aliphatic carbocycles. The van der Waals surface area contributed by atoms with Crippen LogP contribution in [0.4, 0.5) is 8.78 Å². The first kappa shape index (κ1) is 13.2. The van der Waals surface area contributed by atoms with Gasteiger partial charge in [-0.3, -0.25) is 0 Å². The molecule has 4 heteroatoms. The van der Waals surface area contributed by atoms with Gasteiger partial charge in [-0.15, -0.1) is 0 Å². The zero-order valence-electron chi connectivity index (χ0n) is 9.41. The van der Waals surface area contributed by atoms with Crippen LogP contribution in [0.1, 0.15) is 17.2 Å². The topological polar surface area (TPSA) is 20.2 Å². The first-order chi connectivity index (χ1) is 8.56. The molecule has 1 N–H and O–H groups in total. The molecule has 94 valence electrons. The van der Waals surface area contributed by atoms with Crippen molar-refractivity contribution in [1.29, 1.82) is 0 Å². The molecule has 0 saturated heterocycles. The van der Waals surface area contributed by atoms with E-state index >= 15 is 0 Å². The van der Waals surface area contributed by atoms with E-state index in [4.69, 9.17) is 0 Å². The van der Waals surface area contributed by atoms with Crippen LogP contribution >= 0.6 is 15.9 Å². The van der Waals surface area contributed by atoms with Crippen molar-refractivity contribution in [2.75, 3.05) is 0 Å². The highest BCUT2D eigenvalue weighted by Crippen LogP contribution is 2.24. The molecule has 18 heavy (non-hydrogen) atoms. The van der Waals surface area contributed by atoms with Crippen LogP contribution < -0.4 is 0 Å². The minimum absolute atomic E-state index is 0.238. The molecule has 0 aromatic heterocycles. The molecule has 1 unspecified atom stereocenters. The standard InChI is InChI=1S/C14H11BrF2O/c15-10-3-6-12(13(17)8-10)14(18)7-9-1-4-11(16)5-2-9/h1-6,8,14,18H,7H2. The molecule has 2 aromatic rings. The smallest absolute Gasteiger partial charge is 0.130 e. The summed E-state index contributed by atoms with van der Waals surface area (Å²) in [6, 6.07) is 10.3. The Morgan fingerprint density at radius 3 is 2.33 bits per heavy atom. The summed E-state index contributed by atoms with van der Waals surface area (Å²) in [5.74, 6) is -0.790. The Bertz CT molecular complexity index is 540. The minimum Gasteiger partial charge on any atom is -0.388 e. The monoisotopic (exact) mass is 312 g/mol. The predicted molar refractivity (Wildman–Crippen MR) is 69.2 cm³/mol. The molecule has 0 aliphatic rings. The van der Waals surface area contributed by atoms with E-state index in [1.807, 2.05) is 0 Å². The Kier molecular flexibility index (Phi) is 4.09. The lowest BCUT2D eigenvalue weighted by atomic mass is 10.0. The second-order valence-corrected chi connectivity index (χ2v) is 4.93. The number of halogens is 3. The Morgan fingerprint density at radius 1 is 1.06 bits per heavy atom. The van der Waals surface area contributed by atoms with Gasteiger partial charge in [0.25, 0.3) is 0 Å². The highest BCUT2D eigenvalue weighted by Gasteiger charge is 2.13. The summed E-state index contributed by atoms with van der Waals surface area (Å²) in [6.45, 7) is 0. The van der Waals surface area contributed by atoms with Gasteiger partial charge in [-0.25, -0.2) is 8.78 Å². The first-order valence-electron chi connectivity index (χ1n) is 5.44. The van der Waals surface area contributed by atoms with Crippen molar-refractivity contribution in [3.63, 3.8) is 0 Å². The predicted octanol–water partition coefficient (Wildman–Crippen LogP) is 4.00. The van der Waals surface area contributed by atoms with Crippen molar-refractivity contribution >= 4 is 15.9 Å². The van der Waals surface area contributed by atoms with Crippen LogP contribution in [0.15, 0.2) is 46.9 Å². The molecule has 2 aromatic carbocycles. The van der Waals surface area contributed by atoms with Crippen LogP contribution in [-0.4, -0.2) is 5.11 Å². The van der Waals surface area contributed by atoms with Crippen molar-refractivity contribution in [1.82, 2.24) is 0 Å². The number of benzene rings is 2. The molecule has 0 spiro atoms. The minimum atomic E-state index is -0.941. The van der Waals surface area contributed by atoms with E-state index in [-0.39, 0.29) is 17.8 Å². The van der Waals surface area contributed by atoms with Gasteiger partial charge in [-0.05, 0) is 29.8 Å². The lowest BCUT2D eigenvalue weighted by molar-refractivity contribution is 0.173. The van der Waals surface area contributed by atoms with Gasteiger partial charge in [-0.1, -0.05) is 34.1 Å². The van der Waals surface area contributed by atoms with E-state index in [0.717, 1.165) is 5.56 Å². The Hall–Kier alpha value is -1.26. The molecular weight excluding hydrogens is 302 g/mol. The van der Waals surface area contributed by atoms with E-state index in [1.54, 1.807) is 18.2 Å². The van der Waals surface area contributed by atoms with E-state index in [1.165, 1.54) is 24.3 Å². The van der Waals surface area contributed by atoms with Gasteiger partial charge in [0.05, 0.1) is 6.10 Å². The molecule has 0 radical (unpaired) electrons. The summed E-state index contributed by atoms with van der Waals surface area (Å²) in [4.78, 5) is 0. The lowest BCUT2D eigenvalue weighted by Gasteiger charge is -2.12. The van der Waals surface area contributed by atoms with Crippen molar-refractivity contribution < 1.29 is 13.9 Å². The number of aliphatic hydroxyl groups is 1. The van der Waals surface area contributed by atoms with Crippen molar-refractivity contribution in [3.05, 3.63) is 69.7 Å². The average molecular weight is 313 g/mol. The van der Waals surface area contributed by atoms with Crippen LogP contribution in [0.25, 0.3) is 0 Å². The average Bonchev–Trinajstić information content (AvgIpc) is 2.32. The number of rotatable bonds is 3. The SMILES string of the molecule is OC(Cc1ccc(F)cc1)c1ccc(Br)cc1F. The molecule has 1 nitrogen and oxygen atoms in total. The maximum absolute atomic E-state index is 13.6. The molecule has 0 fully saturated rings. The van der Waals surface area contributed by atoms with Crippen molar-refractivity contribution in [2.45, 2.75) is 12.5 Å². The van der Waals surface area contributed by atoms with E-state index < -0.39 is 11.9 Å². The number of hydrogen-bond acceptors (Lipinski definition) is 1. The molecular formula is C14H11BrF2O. The second kappa shape index (κ2) is 5.59. The van der Waals surface area contributed by atoms with Crippen LogP contribution in [0.2, 0.25) is 0 Å². The fourth-order valence-corrected chi connectivity index (χ4v) is 2.06. The van der Waals surface area contributed by atoms with Crippen LogP contribution in [0.3, 0.4) is 0 Å². The summed E-state index contributed by atoms with van der Waals surface area (Å²) in [5.41, 5.74) is 0.994. The molecule has 1 atom stereocenters. The largest absolute Gasteiger partial charge is 0.388 e. The zero-order valence-corrected chi connectivity index (χ0v) is 11.0. The quantitative estimate of drug-likeness (QED) is 0.908. The van der Waals surface area contributed by atoms with E-state index in [0.29, 0.717) is 4.47 Å². The fourth-order valence-electron chi connectivity index (χ4n) is 1.73. The van der Waals surface area contributed by atoms with Gasteiger partial charge in [0.15, 0.2) is 0 Å². The normalized spacial score (nSPS) is 12.4. The van der Waals surface area contributed by atoms with Gasteiger partial charge >= 0.3 is 0 Å². The van der Waals surface area contributed by atoms with E-state index in [9.17, 15) is 13.9 Å².